The number of rotatable bonds is 7. The van der Waals surface area contributed by atoms with Crippen molar-refractivity contribution < 1.29 is 4.79 Å². The first-order valence-corrected chi connectivity index (χ1v) is 7.38. The molecule has 1 heterocycles. The highest BCUT2D eigenvalue weighted by Gasteiger charge is 2.20. The third kappa shape index (κ3) is 3.92. The molecular weight excluding hydrogens is 264 g/mol. The minimum atomic E-state index is 0.0333. The fourth-order valence-corrected chi connectivity index (χ4v) is 2.26. The highest BCUT2D eigenvalue weighted by molar-refractivity contribution is 5.78. The van der Waals surface area contributed by atoms with Crippen LogP contribution in [0.3, 0.4) is 0 Å². The predicted molar refractivity (Wildman–Crippen MR) is 81.0 cm³/mol. The van der Waals surface area contributed by atoms with Crippen LogP contribution in [0.1, 0.15) is 18.4 Å². The first-order chi connectivity index (χ1) is 10.3. The molecule has 0 aliphatic heterocycles. The predicted octanol–water partition coefficient (Wildman–Crippen LogP) is 1.49. The number of hydrogen-bond acceptors (Lipinski definition) is 3. The van der Waals surface area contributed by atoms with Crippen LogP contribution in [0.5, 0.6) is 0 Å². The number of aromatic nitrogens is 2. The van der Waals surface area contributed by atoms with Gasteiger partial charge in [0.05, 0.1) is 12.2 Å². The lowest BCUT2D eigenvalue weighted by atomic mass is 10.2. The van der Waals surface area contributed by atoms with Crippen molar-refractivity contribution in [3.63, 3.8) is 0 Å². The van der Waals surface area contributed by atoms with Gasteiger partial charge in [0.15, 0.2) is 0 Å². The minimum absolute atomic E-state index is 0.0333. The van der Waals surface area contributed by atoms with Gasteiger partial charge in [0, 0.05) is 18.9 Å². The Morgan fingerprint density at radius 2 is 2.14 bits per heavy atom. The molecular formula is C16H20N4O. The Morgan fingerprint density at radius 1 is 1.29 bits per heavy atom. The Kier molecular flexibility index (Phi) is 4.31. The standard InChI is InChI=1S/C16H20N4O/c21-16(12-17-10-13-6-7-13)18-11-14-4-1-2-5-15(14)20-9-3-8-19-20/h1-5,8-9,13,17H,6-7,10-12H2,(H,18,21). The van der Waals surface area contributed by atoms with Crippen LogP contribution < -0.4 is 10.6 Å². The van der Waals surface area contributed by atoms with E-state index in [1.54, 1.807) is 6.20 Å². The van der Waals surface area contributed by atoms with Crippen LogP contribution in [0.4, 0.5) is 0 Å². The fourth-order valence-electron chi connectivity index (χ4n) is 2.26. The van der Waals surface area contributed by atoms with E-state index in [9.17, 15) is 4.79 Å². The Bertz CT molecular complexity index is 590. The summed E-state index contributed by atoms with van der Waals surface area (Å²) in [6, 6.07) is 9.84. The van der Waals surface area contributed by atoms with Gasteiger partial charge < -0.3 is 10.6 Å². The van der Waals surface area contributed by atoms with E-state index < -0.39 is 0 Å². The number of benzene rings is 1. The lowest BCUT2D eigenvalue weighted by Gasteiger charge is -2.11. The van der Waals surface area contributed by atoms with Crippen molar-refractivity contribution in [1.82, 2.24) is 20.4 Å². The van der Waals surface area contributed by atoms with Crippen LogP contribution in [-0.4, -0.2) is 28.8 Å². The van der Waals surface area contributed by atoms with Crippen molar-refractivity contribution in [2.45, 2.75) is 19.4 Å². The zero-order valence-electron chi connectivity index (χ0n) is 12.0. The summed E-state index contributed by atoms with van der Waals surface area (Å²) >= 11 is 0. The van der Waals surface area contributed by atoms with Gasteiger partial charge in [-0.3, -0.25) is 4.79 Å². The average molecular weight is 284 g/mol. The monoisotopic (exact) mass is 284 g/mol. The Balaban J connectivity index is 1.53. The van der Waals surface area contributed by atoms with Crippen molar-refractivity contribution in [3.8, 4) is 5.69 Å². The van der Waals surface area contributed by atoms with Crippen molar-refractivity contribution in [3.05, 3.63) is 48.3 Å². The first kappa shape index (κ1) is 13.8. The minimum Gasteiger partial charge on any atom is -0.351 e. The third-order valence-corrected chi connectivity index (χ3v) is 3.63. The summed E-state index contributed by atoms with van der Waals surface area (Å²) in [5.41, 5.74) is 2.05. The van der Waals surface area contributed by atoms with Crippen LogP contribution in [-0.2, 0) is 11.3 Å². The normalized spacial score (nSPS) is 14.1. The summed E-state index contributed by atoms with van der Waals surface area (Å²) in [4.78, 5) is 11.8. The number of nitrogens with zero attached hydrogens (tertiary/aromatic N) is 2. The van der Waals surface area contributed by atoms with Crippen LogP contribution in [0.15, 0.2) is 42.7 Å². The summed E-state index contributed by atoms with van der Waals surface area (Å²) in [6.45, 7) is 1.86. The first-order valence-electron chi connectivity index (χ1n) is 7.38. The van der Waals surface area contributed by atoms with E-state index in [-0.39, 0.29) is 5.91 Å². The van der Waals surface area contributed by atoms with Gasteiger partial charge in [0.25, 0.3) is 0 Å². The number of para-hydroxylation sites is 1. The van der Waals surface area contributed by atoms with Gasteiger partial charge in [-0.25, -0.2) is 4.68 Å². The highest BCUT2D eigenvalue weighted by atomic mass is 16.1. The number of carbonyl (C=O) groups is 1. The number of carbonyl (C=O) groups excluding carboxylic acids is 1. The molecule has 1 aliphatic rings. The highest BCUT2D eigenvalue weighted by Crippen LogP contribution is 2.27. The maximum absolute atomic E-state index is 11.8. The molecule has 0 saturated heterocycles. The van der Waals surface area contributed by atoms with Crippen LogP contribution in [0, 0.1) is 5.92 Å². The van der Waals surface area contributed by atoms with Crippen molar-refractivity contribution in [1.29, 1.82) is 0 Å². The van der Waals surface area contributed by atoms with Gasteiger partial charge >= 0.3 is 0 Å². The molecule has 1 aliphatic carbocycles. The van der Waals surface area contributed by atoms with Crippen molar-refractivity contribution >= 4 is 5.91 Å². The lowest BCUT2D eigenvalue weighted by molar-refractivity contribution is -0.120. The van der Waals surface area contributed by atoms with Gasteiger partial charge in [-0.2, -0.15) is 5.10 Å². The summed E-state index contributed by atoms with van der Waals surface area (Å²) in [5, 5.41) is 10.4. The zero-order chi connectivity index (χ0) is 14.5. The molecule has 5 heteroatoms. The quantitative estimate of drug-likeness (QED) is 0.810. The van der Waals surface area contributed by atoms with Crippen molar-refractivity contribution in [2.24, 2.45) is 5.92 Å². The summed E-state index contributed by atoms with van der Waals surface area (Å²) < 4.78 is 1.81. The largest absolute Gasteiger partial charge is 0.351 e. The van der Waals surface area contributed by atoms with E-state index in [1.807, 2.05) is 41.2 Å². The van der Waals surface area contributed by atoms with E-state index in [0.29, 0.717) is 13.1 Å². The van der Waals surface area contributed by atoms with Gasteiger partial charge in [-0.05, 0) is 43.0 Å². The molecule has 2 aromatic rings. The lowest BCUT2D eigenvalue weighted by Crippen LogP contribution is -2.34. The van der Waals surface area contributed by atoms with Gasteiger partial charge in [0.2, 0.25) is 5.91 Å². The molecule has 1 aromatic heterocycles. The maximum atomic E-state index is 11.8. The molecule has 3 rings (SSSR count). The average Bonchev–Trinajstić information content (AvgIpc) is 3.16. The second-order valence-electron chi connectivity index (χ2n) is 5.43. The van der Waals surface area contributed by atoms with Crippen LogP contribution in [0.25, 0.3) is 5.69 Å². The van der Waals surface area contributed by atoms with E-state index in [0.717, 1.165) is 23.7 Å². The molecule has 1 aromatic carbocycles. The molecule has 2 N–H and O–H groups in total. The number of nitrogens with one attached hydrogen (secondary N) is 2. The topological polar surface area (TPSA) is 59.0 Å². The molecule has 0 bridgehead atoms. The van der Waals surface area contributed by atoms with E-state index in [4.69, 9.17) is 0 Å². The second kappa shape index (κ2) is 6.54. The van der Waals surface area contributed by atoms with Gasteiger partial charge in [-0.15, -0.1) is 0 Å². The van der Waals surface area contributed by atoms with E-state index in [1.165, 1.54) is 12.8 Å². The van der Waals surface area contributed by atoms with Crippen molar-refractivity contribution in [2.75, 3.05) is 13.1 Å². The fraction of sp³-hybridized carbons (Fsp3) is 0.375. The summed E-state index contributed by atoms with van der Waals surface area (Å²) in [6.07, 6.45) is 6.24. The van der Waals surface area contributed by atoms with Crippen LogP contribution >= 0.6 is 0 Å². The summed E-state index contributed by atoms with van der Waals surface area (Å²) in [5.74, 6) is 0.823. The third-order valence-electron chi connectivity index (χ3n) is 3.63. The van der Waals surface area contributed by atoms with E-state index >= 15 is 0 Å². The molecule has 1 fully saturated rings. The Labute approximate surface area is 124 Å². The SMILES string of the molecule is O=C(CNCC1CC1)NCc1ccccc1-n1cccn1. The Hall–Kier alpha value is -2.14. The molecule has 0 atom stereocenters. The maximum Gasteiger partial charge on any atom is 0.234 e. The molecule has 0 unspecified atom stereocenters. The molecule has 5 nitrogen and oxygen atoms in total. The molecule has 1 amide bonds. The Morgan fingerprint density at radius 3 is 2.90 bits per heavy atom. The molecule has 21 heavy (non-hydrogen) atoms. The molecule has 110 valence electrons. The number of hydrogen-bond donors (Lipinski definition) is 2. The summed E-state index contributed by atoms with van der Waals surface area (Å²) in [7, 11) is 0. The van der Waals surface area contributed by atoms with Crippen LogP contribution in [0.2, 0.25) is 0 Å². The molecule has 0 radical (unpaired) electrons. The van der Waals surface area contributed by atoms with Gasteiger partial charge in [-0.1, -0.05) is 18.2 Å². The number of amides is 1. The smallest absolute Gasteiger partial charge is 0.234 e. The van der Waals surface area contributed by atoms with Gasteiger partial charge in [0.1, 0.15) is 0 Å². The zero-order valence-corrected chi connectivity index (χ0v) is 12.0. The molecule has 1 saturated carbocycles. The van der Waals surface area contributed by atoms with E-state index in [2.05, 4.69) is 15.7 Å². The molecule has 0 spiro atoms. The second-order valence-corrected chi connectivity index (χ2v) is 5.43.